The summed E-state index contributed by atoms with van der Waals surface area (Å²) in [7, 11) is 3.45. The molecule has 0 aliphatic heterocycles. The van der Waals surface area contributed by atoms with Crippen molar-refractivity contribution in [3.63, 3.8) is 0 Å². The van der Waals surface area contributed by atoms with Crippen LogP contribution in [0.15, 0.2) is 18.2 Å². The molecule has 0 fully saturated rings. The molecule has 7 heteroatoms. The second kappa shape index (κ2) is 8.81. The van der Waals surface area contributed by atoms with Crippen molar-refractivity contribution >= 4 is 17.7 Å². The van der Waals surface area contributed by atoms with Gasteiger partial charge in [0.15, 0.2) is 6.61 Å². The molecule has 0 saturated heterocycles. The van der Waals surface area contributed by atoms with Gasteiger partial charge >= 0.3 is 6.18 Å². The summed E-state index contributed by atoms with van der Waals surface area (Å²) in [5.74, 6) is 3.73. The molecule has 0 atom stereocenters. The van der Waals surface area contributed by atoms with Crippen LogP contribution in [0.4, 0.5) is 18.9 Å². The Balaban J connectivity index is 2.42. The van der Waals surface area contributed by atoms with Gasteiger partial charge in [-0.15, -0.1) is 6.42 Å². The fraction of sp³-hybridized carbons (Fsp3) is 0.467. The Morgan fingerprint density at radius 2 is 2.09 bits per heavy atom. The first-order chi connectivity index (χ1) is 10.4. The Morgan fingerprint density at radius 1 is 1.36 bits per heavy atom. The molecular formula is C15H18F3NO2S. The Morgan fingerprint density at radius 3 is 2.68 bits per heavy atom. The Hall–Kier alpha value is -1.52. The van der Waals surface area contributed by atoms with Crippen LogP contribution in [-0.2, 0) is 4.18 Å². The molecule has 0 saturated carbocycles. The van der Waals surface area contributed by atoms with E-state index in [2.05, 4.69) is 10.1 Å². The molecule has 1 rings (SSSR count). The summed E-state index contributed by atoms with van der Waals surface area (Å²) in [5, 5.41) is 0. The second-order valence-corrected chi connectivity index (χ2v) is 5.39. The Labute approximate surface area is 133 Å². The summed E-state index contributed by atoms with van der Waals surface area (Å²) in [4.78, 5) is 1.95. The lowest BCUT2D eigenvalue weighted by atomic mass is 10.2. The predicted molar refractivity (Wildman–Crippen MR) is 83.3 cm³/mol. The number of benzene rings is 1. The van der Waals surface area contributed by atoms with E-state index in [4.69, 9.17) is 11.2 Å². The average Bonchev–Trinajstić information content (AvgIpc) is 2.48. The van der Waals surface area contributed by atoms with Gasteiger partial charge in [-0.25, -0.2) is 0 Å². The van der Waals surface area contributed by atoms with Crippen LogP contribution >= 0.6 is 12.0 Å². The van der Waals surface area contributed by atoms with Gasteiger partial charge in [0.25, 0.3) is 0 Å². The van der Waals surface area contributed by atoms with E-state index in [1.54, 1.807) is 19.2 Å². The molecule has 0 amide bonds. The highest BCUT2D eigenvalue weighted by Gasteiger charge is 2.27. The highest BCUT2D eigenvalue weighted by Crippen LogP contribution is 2.28. The number of hydrogen-bond acceptors (Lipinski definition) is 4. The summed E-state index contributed by atoms with van der Waals surface area (Å²) < 4.78 is 45.4. The number of nitrogens with zero attached hydrogens (tertiary/aromatic N) is 1. The van der Waals surface area contributed by atoms with Gasteiger partial charge in [0.1, 0.15) is 5.75 Å². The van der Waals surface area contributed by atoms with E-state index in [1.165, 1.54) is 0 Å². The molecule has 0 N–H and O–H groups in total. The van der Waals surface area contributed by atoms with Crippen molar-refractivity contribution in [2.45, 2.75) is 12.6 Å². The molecule has 0 aliphatic carbocycles. The zero-order valence-electron chi connectivity index (χ0n) is 12.4. The molecule has 1 aromatic carbocycles. The van der Waals surface area contributed by atoms with Crippen molar-refractivity contribution < 1.29 is 22.1 Å². The number of hydrogen-bond donors (Lipinski definition) is 0. The van der Waals surface area contributed by atoms with Crippen molar-refractivity contribution in [3.05, 3.63) is 23.8 Å². The maximum absolute atomic E-state index is 11.9. The third-order valence-electron chi connectivity index (χ3n) is 2.78. The van der Waals surface area contributed by atoms with E-state index in [9.17, 15) is 13.2 Å². The van der Waals surface area contributed by atoms with Crippen molar-refractivity contribution in [2.24, 2.45) is 0 Å². The van der Waals surface area contributed by atoms with Crippen LogP contribution < -0.4 is 9.64 Å². The highest BCUT2D eigenvalue weighted by atomic mass is 32.2. The molecule has 0 spiro atoms. The maximum Gasteiger partial charge on any atom is 0.413 e. The molecule has 0 heterocycles. The SMILES string of the molecule is C#Cc1ccc(OC)c(N(C)CCCSOCC(F)(F)F)c1. The summed E-state index contributed by atoms with van der Waals surface area (Å²) in [5.41, 5.74) is 1.59. The summed E-state index contributed by atoms with van der Waals surface area (Å²) in [6.45, 7) is -0.585. The fourth-order valence-electron chi connectivity index (χ4n) is 1.73. The van der Waals surface area contributed by atoms with Gasteiger partial charge in [-0.05, 0) is 36.7 Å². The molecular weight excluding hydrogens is 315 g/mol. The standard InChI is InChI=1S/C15H18F3NO2S/c1-4-12-6-7-14(20-3)13(10-12)19(2)8-5-9-22-21-11-15(16,17)18/h1,6-7,10H,5,8-9,11H2,2-3H3. The van der Waals surface area contributed by atoms with E-state index >= 15 is 0 Å². The Bertz CT molecular complexity index is 514. The lowest BCUT2D eigenvalue weighted by Gasteiger charge is -2.22. The first-order valence-electron chi connectivity index (χ1n) is 6.54. The summed E-state index contributed by atoms with van der Waals surface area (Å²) in [6, 6.07) is 5.42. The molecule has 1 aromatic rings. The van der Waals surface area contributed by atoms with Gasteiger partial charge in [0.05, 0.1) is 12.8 Å². The molecule has 0 radical (unpaired) electrons. The smallest absolute Gasteiger partial charge is 0.413 e. The Kier molecular flexibility index (Phi) is 7.42. The predicted octanol–water partition coefficient (Wildman–Crippen LogP) is 3.73. The number of rotatable bonds is 8. The van der Waals surface area contributed by atoms with E-state index in [0.717, 1.165) is 23.3 Å². The van der Waals surface area contributed by atoms with E-state index in [0.29, 0.717) is 24.5 Å². The number of halogens is 3. The molecule has 0 aromatic heterocycles. The largest absolute Gasteiger partial charge is 0.495 e. The highest BCUT2D eigenvalue weighted by molar-refractivity contribution is 7.94. The maximum atomic E-state index is 11.9. The third-order valence-corrected chi connectivity index (χ3v) is 3.52. The molecule has 22 heavy (non-hydrogen) atoms. The van der Waals surface area contributed by atoms with Crippen LogP contribution in [0.5, 0.6) is 5.75 Å². The monoisotopic (exact) mass is 333 g/mol. The van der Waals surface area contributed by atoms with Crippen LogP contribution in [0.25, 0.3) is 0 Å². The third kappa shape index (κ3) is 6.50. The number of anilines is 1. The van der Waals surface area contributed by atoms with E-state index in [1.807, 2.05) is 18.0 Å². The minimum Gasteiger partial charge on any atom is -0.495 e. The van der Waals surface area contributed by atoms with Gasteiger partial charge in [-0.2, -0.15) is 13.2 Å². The van der Waals surface area contributed by atoms with Gasteiger partial charge < -0.3 is 13.8 Å². The van der Waals surface area contributed by atoms with Gasteiger partial charge in [0, 0.05) is 24.9 Å². The normalized spacial score (nSPS) is 11.1. The molecule has 0 bridgehead atoms. The van der Waals surface area contributed by atoms with Crippen molar-refractivity contribution in [1.29, 1.82) is 0 Å². The van der Waals surface area contributed by atoms with Crippen LogP contribution in [0.1, 0.15) is 12.0 Å². The minimum atomic E-state index is -4.28. The minimum absolute atomic E-state index is 0.470. The summed E-state index contributed by atoms with van der Waals surface area (Å²) >= 11 is 0.825. The topological polar surface area (TPSA) is 21.7 Å². The lowest BCUT2D eigenvalue weighted by Crippen LogP contribution is -2.20. The second-order valence-electron chi connectivity index (χ2n) is 4.51. The quantitative estimate of drug-likeness (QED) is 0.410. The van der Waals surface area contributed by atoms with Crippen LogP contribution in [0.2, 0.25) is 0 Å². The van der Waals surface area contributed by atoms with Crippen molar-refractivity contribution in [3.8, 4) is 18.1 Å². The number of alkyl halides is 3. The molecule has 0 unspecified atom stereocenters. The van der Waals surface area contributed by atoms with Crippen LogP contribution in [-0.4, -0.2) is 39.2 Å². The first-order valence-corrected chi connectivity index (χ1v) is 7.45. The summed E-state index contributed by atoms with van der Waals surface area (Å²) in [6.07, 6.45) is 1.76. The molecule has 0 aliphatic rings. The number of terminal acetylenes is 1. The molecule has 122 valence electrons. The van der Waals surface area contributed by atoms with Crippen molar-refractivity contribution in [1.82, 2.24) is 0 Å². The van der Waals surface area contributed by atoms with Crippen molar-refractivity contribution in [2.75, 3.05) is 38.0 Å². The molecule has 3 nitrogen and oxygen atoms in total. The first kappa shape index (κ1) is 18.5. The number of ether oxygens (including phenoxy) is 1. The van der Waals surface area contributed by atoms with Gasteiger partial charge in [-0.1, -0.05) is 5.92 Å². The van der Waals surface area contributed by atoms with Gasteiger partial charge in [0.2, 0.25) is 0 Å². The zero-order valence-corrected chi connectivity index (χ0v) is 13.3. The average molecular weight is 333 g/mol. The van der Waals surface area contributed by atoms with Crippen LogP contribution in [0.3, 0.4) is 0 Å². The van der Waals surface area contributed by atoms with E-state index < -0.39 is 12.8 Å². The zero-order chi connectivity index (χ0) is 16.6. The number of methoxy groups -OCH3 is 1. The lowest BCUT2D eigenvalue weighted by molar-refractivity contribution is -0.150. The van der Waals surface area contributed by atoms with Gasteiger partial charge in [-0.3, -0.25) is 0 Å². The fourth-order valence-corrected chi connectivity index (χ4v) is 2.31. The van der Waals surface area contributed by atoms with Crippen LogP contribution in [0, 0.1) is 12.3 Å². The van der Waals surface area contributed by atoms with E-state index in [-0.39, 0.29) is 0 Å².